The Balaban J connectivity index is 1.86. The molecule has 3 rings (SSSR count). The fourth-order valence-corrected chi connectivity index (χ4v) is 4.31. The van der Waals surface area contributed by atoms with Gasteiger partial charge in [0.15, 0.2) is 0 Å². The van der Waals surface area contributed by atoms with E-state index >= 15 is 0 Å². The molecule has 1 aromatic heterocycles. The molecule has 0 aliphatic heterocycles. The molecule has 0 spiro atoms. The molecule has 1 heterocycles. The maximum absolute atomic E-state index is 11.5. The molecule has 0 fully saturated rings. The molecule has 1 N–H and O–H groups in total. The summed E-state index contributed by atoms with van der Waals surface area (Å²) in [6.45, 7) is 4.86. The molecule has 158 valence electrons. The van der Waals surface area contributed by atoms with Crippen molar-refractivity contribution >= 4 is 20.9 Å². The van der Waals surface area contributed by atoms with Crippen LogP contribution in [0.3, 0.4) is 0 Å². The van der Waals surface area contributed by atoms with Crippen molar-refractivity contribution in [3.05, 3.63) is 53.6 Å². The van der Waals surface area contributed by atoms with Gasteiger partial charge in [-0.1, -0.05) is 24.3 Å². The number of methoxy groups -OCH3 is 1. The molecule has 0 atom stereocenters. The number of aryl methyl sites for hydroxylation is 2. The minimum absolute atomic E-state index is 0.0974. The molecular formula is C23H27N3O3S. The first-order valence-corrected chi connectivity index (χ1v) is 11.8. The first-order chi connectivity index (χ1) is 14.4. The van der Waals surface area contributed by atoms with Gasteiger partial charge in [-0.15, -0.1) is 0 Å². The second-order valence-electron chi connectivity index (χ2n) is 7.06. The van der Waals surface area contributed by atoms with Crippen molar-refractivity contribution in [1.82, 2.24) is 9.29 Å². The summed E-state index contributed by atoms with van der Waals surface area (Å²) in [6.07, 6.45) is 1.52. The van der Waals surface area contributed by atoms with Crippen LogP contribution in [-0.4, -0.2) is 32.4 Å². The predicted octanol–water partition coefficient (Wildman–Crippen LogP) is 4.08. The number of sulfonamides is 1. The number of ether oxygens (including phenoxy) is 1. The number of hydrogen-bond acceptors (Lipinski definition) is 4. The zero-order chi connectivity index (χ0) is 21.7. The minimum atomic E-state index is -3.14. The molecule has 6 nitrogen and oxygen atoms in total. The number of aromatic nitrogens is 1. The summed E-state index contributed by atoms with van der Waals surface area (Å²) in [7, 11) is -1.50. The fourth-order valence-electron chi connectivity index (χ4n) is 3.65. The van der Waals surface area contributed by atoms with Crippen molar-refractivity contribution in [2.45, 2.75) is 33.2 Å². The quantitative estimate of drug-likeness (QED) is 0.524. The Labute approximate surface area is 178 Å². The second-order valence-corrected chi connectivity index (χ2v) is 9.16. The van der Waals surface area contributed by atoms with Crippen molar-refractivity contribution in [2.24, 2.45) is 0 Å². The number of nitrogens with one attached hydrogen (secondary N) is 1. The van der Waals surface area contributed by atoms with E-state index in [1.54, 1.807) is 14.0 Å². The minimum Gasteiger partial charge on any atom is -0.497 e. The molecule has 3 aromatic rings. The maximum atomic E-state index is 11.5. The summed E-state index contributed by atoms with van der Waals surface area (Å²) >= 11 is 0. The molecule has 30 heavy (non-hydrogen) atoms. The lowest BCUT2D eigenvalue weighted by atomic mass is 10.0. The number of rotatable bonds is 9. The molecule has 0 radical (unpaired) electrons. The number of nitriles is 1. The van der Waals surface area contributed by atoms with Gasteiger partial charge in [-0.05, 0) is 49.9 Å². The number of nitrogens with zero attached hydrogens (tertiary/aromatic N) is 2. The largest absolute Gasteiger partial charge is 0.497 e. The Morgan fingerprint density at radius 3 is 2.47 bits per heavy atom. The van der Waals surface area contributed by atoms with E-state index in [0.717, 1.165) is 52.9 Å². The summed E-state index contributed by atoms with van der Waals surface area (Å²) in [4.78, 5) is 0. The summed E-state index contributed by atoms with van der Waals surface area (Å²) < 4.78 is 33.1. The van der Waals surface area contributed by atoms with Gasteiger partial charge in [0.25, 0.3) is 0 Å². The van der Waals surface area contributed by atoms with Gasteiger partial charge in [0.2, 0.25) is 10.0 Å². The topological polar surface area (TPSA) is 84.1 Å². The SMILES string of the molecule is CCn1c(-c2ccc(CCCNS(=O)(=O)CC)cc2)c(C#N)c2ccc(OC)cc21. The third kappa shape index (κ3) is 4.50. The fraction of sp³-hybridized carbons (Fsp3) is 0.348. The van der Waals surface area contributed by atoms with Gasteiger partial charge < -0.3 is 9.30 Å². The van der Waals surface area contributed by atoms with E-state index < -0.39 is 10.0 Å². The third-order valence-electron chi connectivity index (χ3n) is 5.27. The van der Waals surface area contributed by atoms with E-state index in [1.807, 2.05) is 42.5 Å². The average molecular weight is 426 g/mol. The highest BCUT2D eigenvalue weighted by Crippen LogP contribution is 2.35. The molecule has 0 bridgehead atoms. The van der Waals surface area contributed by atoms with Crippen LogP contribution in [0.5, 0.6) is 5.75 Å². The highest BCUT2D eigenvalue weighted by atomic mass is 32.2. The molecule has 2 aromatic carbocycles. The van der Waals surface area contributed by atoms with Gasteiger partial charge in [0.05, 0.1) is 29.6 Å². The van der Waals surface area contributed by atoms with Gasteiger partial charge in [-0.25, -0.2) is 13.1 Å². The zero-order valence-electron chi connectivity index (χ0n) is 17.6. The molecular weight excluding hydrogens is 398 g/mol. The van der Waals surface area contributed by atoms with Crippen molar-refractivity contribution in [1.29, 1.82) is 5.26 Å². The molecule has 0 aliphatic carbocycles. The highest BCUT2D eigenvalue weighted by Gasteiger charge is 2.18. The smallest absolute Gasteiger partial charge is 0.211 e. The van der Waals surface area contributed by atoms with Crippen LogP contribution in [0.2, 0.25) is 0 Å². The van der Waals surface area contributed by atoms with E-state index in [-0.39, 0.29) is 5.75 Å². The number of fused-ring (bicyclic) bond motifs is 1. The lowest BCUT2D eigenvalue weighted by Crippen LogP contribution is -2.26. The Kier molecular flexibility index (Phi) is 6.80. The van der Waals surface area contributed by atoms with E-state index in [4.69, 9.17) is 4.74 Å². The van der Waals surface area contributed by atoms with Crippen LogP contribution in [0.1, 0.15) is 31.4 Å². The van der Waals surface area contributed by atoms with Crippen molar-refractivity contribution in [3.8, 4) is 23.1 Å². The predicted molar refractivity (Wildman–Crippen MR) is 120 cm³/mol. The molecule has 0 aliphatic rings. The van der Waals surface area contributed by atoms with Crippen molar-refractivity contribution in [3.63, 3.8) is 0 Å². The van der Waals surface area contributed by atoms with Gasteiger partial charge in [-0.2, -0.15) is 5.26 Å². The Bertz CT molecular complexity index is 1170. The molecule has 0 saturated heterocycles. The lowest BCUT2D eigenvalue weighted by Gasteiger charge is -2.10. The summed E-state index contributed by atoms with van der Waals surface area (Å²) in [5, 5.41) is 10.8. The summed E-state index contributed by atoms with van der Waals surface area (Å²) in [5.41, 5.74) is 4.67. The molecule has 0 unspecified atom stereocenters. The maximum Gasteiger partial charge on any atom is 0.211 e. The first-order valence-electron chi connectivity index (χ1n) is 10.1. The lowest BCUT2D eigenvalue weighted by molar-refractivity contribution is 0.415. The second kappa shape index (κ2) is 9.33. The number of benzene rings is 2. The highest BCUT2D eigenvalue weighted by molar-refractivity contribution is 7.89. The summed E-state index contributed by atoms with van der Waals surface area (Å²) in [6, 6.07) is 16.3. The van der Waals surface area contributed by atoms with E-state index in [0.29, 0.717) is 12.1 Å². The van der Waals surface area contributed by atoms with Crippen LogP contribution in [0.15, 0.2) is 42.5 Å². The van der Waals surface area contributed by atoms with Gasteiger partial charge in [0, 0.05) is 24.5 Å². The third-order valence-corrected chi connectivity index (χ3v) is 6.68. The van der Waals surface area contributed by atoms with Gasteiger partial charge >= 0.3 is 0 Å². The average Bonchev–Trinajstić information content (AvgIpc) is 3.09. The molecule has 0 amide bonds. The normalized spacial score (nSPS) is 11.5. The first kappa shape index (κ1) is 21.9. The van der Waals surface area contributed by atoms with Crippen LogP contribution in [-0.2, 0) is 23.0 Å². The van der Waals surface area contributed by atoms with Gasteiger partial charge in [0.1, 0.15) is 11.8 Å². The molecule has 0 saturated carbocycles. The molecule has 7 heteroatoms. The Morgan fingerprint density at radius 2 is 1.87 bits per heavy atom. The van der Waals surface area contributed by atoms with Crippen LogP contribution in [0, 0.1) is 11.3 Å². The van der Waals surface area contributed by atoms with E-state index in [9.17, 15) is 13.7 Å². The number of hydrogen-bond donors (Lipinski definition) is 1. The Hall–Kier alpha value is -2.82. The van der Waals surface area contributed by atoms with Crippen LogP contribution >= 0.6 is 0 Å². The van der Waals surface area contributed by atoms with Gasteiger partial charge in [-0.3, -0.25) is 0 Å². The van der Waals surface area contributed by atoms with Crippen molar-refractivity contribution < 1.29 is 13.2 Å². The van der Waals surface area contributed by atoms with Crippen LogP contribution in [0.25, 0.3) is 22.2 Å². The van der Waals surface area contributed by atoms with Crippen LogP contribution < -0.4 is 9.46 Å². The summed E-state index contributed by atoms with van der Waals surface area (Å²) in [5.74, 6) is 0.861. The van der Waals surface area contributed by atoms with Crippen LogP contribution in [0.4, 0.5) is 0 Å². The zero-order valence-corrected chi connectivity index (χ0v) is 18.4. The standard InChI is InChI=1S/C23H27N3O3S/c1-4-26-22-15-19(29-3)12-13-20(22)21(16-24)23(26)18-10-8-17(9-11-18)7-6-14-25-30(27,28)5-2/h8-13,15,25H,4-7,14H2,1-3H3. The monoisotopic (exact) mass is 425 g/mol. The van der Waals surface area contributed by atoms with E-state index in [2.05, 4.69) is 22.3 Å². The van der Waals surface area contributed by atoms with Crippen molar-refractivity contribution in [2.75, 3.05) is 19.4 Å². The van der Waals surface area contributed by atoms with E-state index in [1.165, 1.54) is 0 Å². The Morgan fingerprint density at radius 1 is 1.13 bits per heavy atom.